The normalized spacial score (nSPS) is 10.2. The molecule has 108 valence electrons. The maximum Gasteiger partial charge on any atom is 0.268 e. The van der Waals surface area contributed by atoms with Crippen molar-refractivity contribution in [2.75, 3.05) is 7.11 Å². The Hall–Kier alpha value is -2.81. The number of aromatic amines is 1. The molecule has 0 saturated heterocycles. The third kappa shape index (κ3) is 2.72. The van der Waals surface area contributed by atoms with Gasteiger partial charge in [0, 0.05) is 16.7 Å². The smallest absolute Gasteiger partial charge is 0.268 e. The molecule has 2 aromatic rings. The predicted molar refractivity (Wildman–Crippen MR) is 77.6 cm³/mol. The fourth-order valence-corrected chi connectivity index (χ4v) is 2.04. The van der Waals surface area contributed by atoms with E-state index in [1.54, 1.807) is 32.0 Å². The van der Waals surface area contributed by atoms with E-state index in [-0.39, 0.29) is 17.7 Å². The zero-order valence-corrected chi connectivity index (χ0v) is 12.1. The lowest BCUT2D eigenvalue weighted by Crippen LogP contribution is -2.33. The SMILES string of the molecule is COc1ccc(C#N)cc1Cn1[nH]c(=O)c(C)c(C)c1=O. The van der Waals surface area contributed by atoms with Crippen LogP contribution in [0.5, 0.6) is 5.75 Å². The second-order valence-electron chi connectivity index (χ2n) is 4.72. The van der Waals surface area contributed by atoms with Crippen LogP contribution in [-0.4, -0.2) is 16.9 Å². The van der Waals surface area contributed by atoms with Gasteiger partial charge >= 0.3 is 0 Å². The quantitative estimate of drug-likeness (QED) is 0.914. The summed E-state index contributed by atoms with van der Waals surface area (Å²) < 4.78 is 6.45. The molecule has 0 atom stereocenters. The molecule has 2 rings (SSSR count). The Labute approximate surface area is 121 Å². The maximum atomic E-state index is 12.2. The maximum absolute atomic E-state index is 12.2. The van der Waals surface area contributed by atoms with Crippen LogP contribution in [0.15, 0.2) is 27.8 Å². The highest BCUT2D eigenvalue weighted by Gasteiger charge is 2.10. The molecule has 0 bridgehead atoms. The third-order valence-electron chi connectivity index (χ3n) is 3.44. The van der Waals surface area contributed by atoms with E-state index in [4.69, 9.17) is 10.00 Å². The molecule has 1 aromatic heterocycles. The molecule has 0 aliphatic rings. The number of rotatable bonds is 3. The van der Waals surface area contributed by atoms with Gasteiger partial charge in [-0.05, 0) is 32.0 Å². The first-order valence-electron chi connectivity index (χ1n) is 6.35. The summed E-state index contributed by atoms with van der Waals surface area (Å²) in [6.45, 7) is 3.36. The van der Waals surface area contributed by atoms with Crippen molar-refractivity contribution in [3.05, 3.63) is 61.2 Å². The van der Waals surface area contributed by atoms with Crippen molar-refractivity contribution >= 4 is 0 Å². The number of aromatic nitrogens is 2. The Kier molecular flexibility index (Phi) is 3.94. The first kappa shape index (κ1) is 14.6. The average Bonchev–Trinajstić information content (AvgIpc) is 2.50. The molecule has 0 radical (unpaired) electrons. The van der Waals surface area contributed by atoms with Crippen molar-refractivity contribution in [1.82, 2.24) is 9.78 Å². The third-order valence-corrected chi connectivity index (χ3v) is 3.44. The van der Waals surface area contributed by atoms with Gasteiger partial charge in [-0.1, -0.05) is 0 Å². The molecule has 6 nitrogen and oxygen atoms in total. The fourth-order valence-electron chi connectivity index (χ4n) is 2.04. The molecular formula is C15H15N3O3. The summed E-state index contributed by atoms with van der Waals surface area (Å²) in [5.74, 6) is 0.556. The highest BCUT2D eigenvalue weighted by Crippen LogP contribution is 2.20. The molecule has 21 heavy (non-hydrogen) atoms. The van der Waals surface area contributed by atoms with Crippen molar-refractivity contribution in [2.24, 2.45) is 0 Å². The zero-order chi connectivity index (χ0) is 15.6. The summed E-state index contributed by atoms with van der Waals surface area (Å²) in [7, 11) is 1.51. The van der Waals surface area contributed by atoms with Crippen LogP contribution in [0.25, 0.3) is 0 Å². The number of benzene rings is 1. The molecule has 0 aliphatic carbocycles. The first-order chi connectivity index (χ1) is 9.97. The van der Waals surface area contributed by atoms with Crippen LogP contribution in [-0.2, 0) is 6.54 Å². The van der Waals surface area contributed by atoms with Gasteiger partial charge in [0.05, 0.1) is 25.3 Å². The molecule has 1 aromatic carbocycles. The van der Waals surface area contributed by atoms with Gasteiger partial charge in [-0.25, -0.2) is 4.68 Å². The minimum Gasteiger partial charge on any atom is -0.496 e. The average molecular weight is 285 g/mol. The number of hydrogen-bond donors (Lipinski definition) is 1. The van der Waals surface area contributed by atoms with E-state index in [0.29, 0.717) is 28.0 Å². The Balaban J connectivity index is 2.56. The number of ether oxygens (including phenoxy) is 1. The van der Waals surface area contributed by atoms with Crippen LogP contribution >= 0.6 is 0 Å². The Morgan fingerprint density at radius 2 is 2.00 bits per heavy atom. The number of H-pyrrole nitrogens is 1. The minimum atomic E-state index is -0.303. The molecule has 6 heteroatoms. The van der Waals surface area contributed by atoms with Crippen molar-refractivity contribution in [3.63, 3.8) is 0 Å². The van der Waals surface area contributed by atoms with Gasteiger partial charge in [0.2, 0.25) is 0 Å². The molecular weight excluding hydrogens is 270 g/mol. The zero-order valence-electron chi connectivity index (χ0n) is 12.1. The van der Waals surface area contributed by atoms with E-state index in [1.807, 2.05) is 6.07 Å². The van der Waals surface area contributed by atoms with Crippen LogP contribution in [0.4, 0.5) is 0 Å². The number of nitrogens with one attached hydrogen (secondary N) is 1. The van der Waals surface area contributed by atoms with Crippen molar-refractivity contribution in [3.8, 4) is 11.8 Å². The minimum absolute atomic E-state index is 0.133. The van der Waals surface area contributed by atoms with Gasteiger partial charge in [-0.3, -0.25) is 14.7 Å². The van der Waals surface area contributed by atoms with Crippen LogP contribution < -0.4 is 15.9 Å². The molecule has 0 unspecified atom stereocenters. The van der Waals surface area contributed by atoms with E-state index in [0.717, 1.165) is 0 Å². The molecule has 0 aliphatic heterocycles. The van der Waals surface area contributed by atoms with E-state index in [2.05, 4.69) is 5.10 Å². The lowest BCUT2D eigenvalue weighted by Gasteiger charge is -2.11. The van der Waals surface area contributed by atoms with E-state index in [9.17, 15) is 9.59 Å². The summed E-state index contributed by atoms with van der Waals surface area (Å²) in [4.78, 5) is 24.0. The highest BCUT2D eigenvalue weighted by molar-refractivity contribution is 5.42. The van der Waals surface area contributed by atoms with Crippen molar-refractivity contribution in [1.29, 1.82) is 5.26 Å². The monoisotopic (exact) mass is 285 g/mol. The summed E-state index contributed by atoms with van der Waals surface area (Å²) in [6, 6.07) is 6.97. The summed E-state index contributed by atoms with van der Waals surface area (Å²) in [5.41, 5.74) is 1.37. The Morgan fingerprint density at radius 1 is 1.29 bits per heavy atom. The number of methoxy groups -OCH3 is 1. The molecule has 1 N–H and O–H groups in total. The van der Waals surface area contributed by atoms with Crippen molar-refractivity contribution < 1.29 is 4.74 Å². The largest absolute Gasteiger partial charge is 0.496 e. The Bertz CT molecular complexity index is 841. The van der Waals surface area contributed by atoms with Crippen molar-refractivity contribution in [2.45, 2.75) is 20.4 Å². The number of nitriles is 1. The van der Waals surface area contributed by atoms with Gasteiger partial charge in [-0.15, -0.1) is 0 Å². The van der Waals surface area contributed by atoms with Gasteiger partial charge < -0.3 is 4.74 Å². The fraction of sp³-hybridized carbons (Fsp3) is 0.267. The van der Waals surface area contributed by atoms with E-state index < -0.39 is 0 Å². The second kappa shape index (κ2) is 5.67. The van der Waals surface area contributed by atoms with Gasteiger partial charge in [0.25, 0.3) is 11.1 Å². The molecule has 1 heterocycles. The summed E-state index contributed by atoms with van der Waals surface area (Å²) in [5, 5.41) is 11.5. The van der Waals surface area contributed by atoms with Crippen LogP contribution in [0.2, 0.25) is 0 Å². The van der Waals surface area contributed by atoms with E-state index in [1.165, 1.54) is 11.8 Å². The molecule has 0 fully saturated rings. The Morgan fingerprint density at radius 3 is 2.62 bits per heavy atom. The highest BCUT2D eigenvalue weighted by atomic mass is 16.5. The second-order valence-corrected chi connectivity index (χ2v) is 4.72. The lowest BCUT2D eigenvalue weighted by molar-refractivity contribution is 0.406. The topological polar surface area (TPSA) is 87.9 Å². The van der Waals surface area contributed by atoms with Gasteiger partial charge in [0.15, 0.2) is 0 Å². The van der Waals surface area contributed by atoms with E-state index >= 15 is 0 Å². The number of hydrogen-bond acceptors (Lipinski definition) is 4. The van der Waals surface area contributed by atoms with Gasteiger partial charge in [0.1, 0.15) is 5.75 Å². The predicted octanol–water partition coefficient (Wildman–Crippen LogP) is 1.08. The molecule has 0 spiro atoms. The first-order valence-corrected chi connectivity index (χ1v) is 6.35. The van der Waals surface area contributed by atoms with Gasteiger partial charge in [-0.2, -0.15) is 5.26 Å². The number of nitrogens with zero attached hydrogens (tertiary/aromatic N) is 2. The van der Waals surface area contributed by atoms with Crippen LogP contribution in [0.3, 0.4) is 0 Å². The summed E-state index contributed by atoms with van der Waals surface area (Å²) in [6.07, 6.45) is 0. The lowest BCUT2D eigenvalue weighted by atomic mass is 10.1. The summed E-state index contributed by atoms with van der Waals surface area (Å²) >= 11 is 0. The molecule has 0 amide bonds. The van der Waals surface area contributed by atoms with Crippen LogP contribution in [0, 0.1) is 25.2 Å². The standard InChI is InChI=1S/C15H15N3O3/c1-9-10(2)15(20)18(17-14(9)19)8-12-6-11(7-16)4-5-13(12)21-3/h4-6H,8H2,1-3H3,(H,17,19). The molecule has 0 saturated carbocycles. The van der Waals surface area contributed by atoms with Crippen LogP contribution in [0.1, 0.15) is 22.3 Å².